The molecule has 0 aromatic heterocycles. The number of nitrogens with zero attached hydrogens (tertiary/aromatic N) is 1. The molecule has 0 radical (unpaired) electrons. The van der Waals surface area contributed by atoms with E-state index in [0.29, 0.717) is 24.5 Å². The van der Waals surface area contributed by atoms with Gasteiger partial charge in [-0.2, -0.15) is 0 Å². The van der Waals surface area contributed by atoms with Crippen LogP contribution in [0.3, 0.4) is 0 Å². The van der Waals surface area contributed by atoms with Crippen LogP contribution in [0.1, 0.15) is 62.8 Å². The third-order valence-corrected chi connectivity index (χ3v) is 6.39. The lowest BCUT2D eigenvalue weighted by molar-refractivity contribution is -0.114. The molecule has 0 saturated heterocycles. The van der Waals surface area contributed by atoms with Crippen molar-refractivity contribution in [2.75, 3.05) is 20.6 Å². The highest BCUT2D eigenvalue weighted by molar-refractivity contribution is 5.88. The van der Waals surface area contributed by atoms with Crippen LogP contribution in [0.5, 0.6) is 0 Å². The standard InChI is InChI=1S/C21H25N3O.C12H19N.CH6N2/c1-3-24(15-25)21(23)12-5-8-17-7-4-10-19(13-17)20-11-6-9-18(14-20)16(2)22;1-12(2,3)11-7-5-10(6-8-11)9-13-4;1-3-2/h4,6-7,9-11,13-15,23H,2-3,5,8,12,22H2,1H3;5-8,13H,9H2,1-4H3;3H,2H2,1H3. The Morgan fingerprint density at radius 3 is 2.07 bits per heavy atom. The molecule has 0 spiro atoms. The molecule has 222 valence electrons. The van der Waals surface area contributed by atoms with Gasteiger partial charge in [0, 0.05) is 25.2 Å². The minimum atomic E-state index is 0.262. The maximum Gasteiger partial charge on any atom is 0.215 e. The smallest absolute Gasteiger partial charge is 0.215 e. The van der Waals surface area contributed by atoms with E-state index in [1.807, 2.05) is 38.2 Å². The number of aryl methyl sites for hydroxylation is 1. The summed E-state index contributed by atoms with van der Waals surface area (Å²) in [5.41, 5.74) is 16.0. The van der Waals surface area contributed by atoms with Gasteiger partial charge in [-0.15, -0.1) is 0 Å². The van der Waals surface area contributed by atoms with Gasteiger partial charge in [-0.05, 0) is 78.7 Å². The summed E-state index contributed by atoms with van der Waals surface area (Å²) in [5.74, 6) is 4.97. The Hall–Kier alpha value is -3.78. The Kier molecular flexibility index (Phi) is 15.9. The molecular formula is C34H50N6O. The average molecular weight is 559 g/mol. The zero-order valence-corrected chi connectivity index (χ0v) is 25.8. The summed E-state index contributed by atoms with van der Waals surface area (Å²) in [7, 11) is 3.62. The SMILES string of the molecule is C=C(N)c1cccc(-c2cccc(CCCC(=N)N(C=O)CC)c2)c1.CNCc1ccc(C(C)(C)C)cc1.CNN. The van der Waals surface area contributed by atoms with Crippen LogP contribution < -0.4 is 22.3 Å². The van der Waals surface area contributed by atoms with Crippen molar-refractivity contribution in [1.29, 1.82) is 5.41 Å². The third-order valence-electron chi connectivity index (χ3n) is 6.39. The lowest BCUT2D eigenvalue weighted by Gasteiger charge is -2.19. The summed E-state index contributed by atoms with van der Waals surface area (Å²) in [5, 5.41) is 11.1. The molecule has 41 heavy (non-hydrogen) atoms. The number of benzene rings is 3. The number of rotatable bonds is 10. The monoisotopic (exact) mass is 558 g/mol. The second-order valence-electron chi connectivity index (χ2n) is 10.8. The van der Waals surface area contributed by atoms with Crippen LogP contribution in [-0.4, -0.2) is 37.8 Å². The van der Waals surface area contributed by atoms with E-state index in [1.54, 1.807) is 7.05 Å². The summed E-state index contributed by atoms with van der Waals surface area (Å²) in [6, 6.07) is 25.2. The van der Waals surface area contributed by atoms with Gasteiger partial charge in [-0.25, -0.2) is 0 Å². The van der Waals surface area contributed by atoms with Crippen molar-refractivity contribution >= 4 is 17.9 Å². The van der Waals surface area contributed by atoms with Crippen LogP contribution in [-0.2, 0) is 23.2 Å². The van der Waals surface area contributed by atoms with Gasteiger partial charge in [-0.1, -0.05) is 94.1 Å². The van der Waals surface area contributed by atoms with Gasteiger partial charge in [-0.3, -0.25) is 21.5 Å². The van der Waals surface area contributed by atoms with Crippen molar-refractivity contribution in [3.05, 3.63) is 102 Å². The predicted octanol–water partition coefficient (Wildman–Crippen LogP) is 5.84. The van der Waals surface area contributed by atoms with E-state index in [2.05, 4.69) is 92.5 Å². The number of amides is 1. The van der Waals surface area contributed by atoms with Gasteiger partial charge < -0.3 is 16.0 Å². The number of nitrogens with two attached hydrogens (primary N) is 2. The summed E-state index contributed by atoms with van der Waals surface area (Å²) in [6.45, 7) is 13.9. The second kappa shape index (κ2) is 18.5. The first-order valence-electron chi connectivity index (χ1n) is 14.1. The van der Waals surface area contributed by atoms with E-state index in [9.17, 15) is 4.79 Å². The molecule has 3 aromatic rings. The van der Waals surface area contributed by atoms with E-state index < -0.39 is 0 Å². The van der Waals surface area contributed by atoms with Crippen LogP contribution in [0.2, 0.25) is 0 Å². The Bertz CT molecular complexity index is 1210. The molecule has 0 heterocycles. The Morgan fingerprint density at radius 1 is 0.976 bits per heavy atom. The van der Waals surface area contributed by atoms with Gasteiger partial charge in [0.25, 0.3) is 0 Å². The maximum atomic E-state index is 10.9. The molecule has 0 atom stereocenters. The van der Waals surface area contributed by atoms with Crippen LogP contribution in [0.25, 0.3) is 16.8 Å². The van der Waals surface area contributed by atoms with Crippen molar-refractivity contribution in [2.24, 2.45) is 11.6 Å². The highest BCUT2D eigenvalue weighted by atomic mass is 16.1. The first kappa shape index (κ1) is 35.2. The minimum absolute atomic E-state index is 0.262. The van der Waals surface area contributed by atoms with Crippen molar-refractivity contribution < 1.29 is 4.79 Å². The van der Waals surface area contributed by atoms with Crippen molar-refractivity contribution in [1.82, 2.24) is 15.6 Å². The van der Waals surface area contributed by atoms with Gasteiger partial charge in [0.15, 0.2) is 0 Å². The van der Waals surface area contributed by atoms with Crippen LogP contribution >= 0.6 is 0 Å². The van der Waals surface area contributed by atoms with E-state index in [-0.39, 0.29) is 5.41 Å². The molecule has 0 fully saturated rings. The number of carbonyl (C=O) groups is 1. The molecule has 0 unspecified atom stereocenters. The summed E-state index contributed by atoms with van der Waals surface area (Å²) in [6.07, 6.45) is 3.03. The number of carbonyl (C=O) groups excluding carboxylic acids is 1. The number of hydrogen-bond donors (Lipinski definition) is 5. The maximum absolute atomic E-state index is 10.9. The van der Waals surface area contributed by atoms with E-state index in [1.165, 1.54) is 21.6 Å². The molecule has 0 aliphatic carbocycles. The van der Waals surface area contributed by atoms with E-state index >= 15 is 0 Å². The van der Waals surface area contributed by atoms with E-state index in [4.69, 9.17) is 11.1 Å². The van der Waals surface area contributed by atoms with Crippen LogP contribution in [0.4, 0.5) is 0 Å². The van der Waals surface area contributed by atoms with Gasteiger partial charge >= 0.3 is 0 Å². The summed E-state index contributed by atoms with van der Waals surface area (Å²) < 4.78 is 0. The minimum Gasteiger partial charge on any atom is -0.399 e. The molecule has 7 nitrogen and oxygen atoms in total. The zero-order chi connectivity index (χ0) is 30.8. The largest absolute Gasteiger partial charge is 0.399 e. The van der Waals surface area contributed by atoms with Gasteiger partial charge in [0.05, 0.1) is 0 Å². The molecule has 3 rings (SSSR count). The highest BCUT2D eigenvalue weighted by Gasteiger charge is 2.12. The molecule has 0 bridgehead atoms. The van der Waals surface area contributed by atoms with Gasteiger partial charge in [0.2, 0.25) is 6.41 Å². The average Bonchev–Trinajstić information content (AvgIpc) is 2.95. The quantitative estimate of drug-likeness (QED) is 0.0703. The number of amidine groups is 1. The molecule has 0 aliphatic rings. The Balaban J connectivity index is 0.000000439. The molecule has 0 saturated carbocycles. The first-order valence-corrected chi connectivity index (χ1v) is 14.1. The third kappa shape index (κ3) is 13.0. The van der Waals surface area contributed by atoms with Crippen LogP contribution in [0.15, 0.2) is 79.4 Å². The van der Waals surface area contributed by atoms with Crippen molar-refractivity contribution in [2.45, 2.75) is 58.9 Å². The lowest BCUT2D eigenvalue weighted by atomic mass is 9.87. The van der Waals surface area contributed by atoms with Crippen LogP contribution in [0, 0.1) is 5.41 Å². The molecule has 0 aliphatic heterocycles. The number of hydrogen-bond acceptors (Lipinski definition) is 6. The molecule has 3 aromatic carbocycles. The number of nitrogens with one attached hydrogen (secondary N) is 3. The lowest BCUT2D eigenvalue weighted by Crippen LogP contribution is -2.28. The normalized spacial score (nSPS) is 10.4. The van der Waals surface area contributed by atoms with Crippen molar-refractivity contribution in [3.63, 3.8) is 0 Å². The Morgan fingerprint density at radius 2 is 1.56 bits per heavy atom. The first-order chi connectivity index (χ1) is 19.5. The van der Waals surface area contributed by atoms with Crippen molar-refractivity contribution in [3.8, 4) is 11.1 Å². The predicted molar refractivity (Wildman–Crippen MR) is 175 cm³/mol. The fraction of sp³-hybridized carbons (Fsp3) is 0.353. The van der Waals surface area contributed by atoms with E-state index in [0.717, 1.165) is 42.5 Å². The summed E-state index contributed by atoms with van der Waals surface area (Å²) in [4.78, 5) is 12.3. The fourth-order valence-corrected chi connectivity index (χ4v) is 4.06. The fourth-order valence-electron chi connectivity index (χ4n) is 4.06. The Labute approximate surface area is 247 Å². The number of hydrazine groups is 1. The molecule has 7 N–H and O–H groups in total. The molecule has 1 amide bonds. The van der Waals surface area contributed by atoms with Gasteiger partial charge in [0.1, 0.15) is 5.84 Å². The zero-order valence-electron chi connectivity index (χ0n) is 25.8. The highest BCUT2D eigenvalue weighted by Crippen LogP contribution is 2.24. The molecule has 7 heteroatoms. The summed E-state index contributed by atoms with van der Waals surface area (Å²) >= 11 is 0. The second-order valence-corrected chi connectivity index (χ2v) is 10.8. The topological polar surface area (TPSA) is 120 Å². The molecular weight excluding hydrogens is 508 g/mol.